The quantitative estimate of drug-likeness (QED) is 0.396. The van der Waals surface area contributed by atoms with E-state index in [2.05, 4.69) is 0 Å². The van der Waals surface area contributed by atoms with Gasteiger partial charge in [-0.1, -0.05) is 0 Å². The maximum atomic E-state index is 0. The molecule has 0 unspecified atom stereocenters. The van der Waals surface area contributed by atoms with Gasteiger partial charge in [0, 0.05) is 145 Å². The second kappa shape index (κ2) is 23.5. The zero-order chi connectivity index (χ0) is 0. The third kappa shape index (κ3) is 17.7. The largest absolute Gasteiger partial charge is 0 e. The van der Waals surface area contributed by atoms with E-state index in [-0.39, 0.29) is 145 Å². The second-order valence-electron chi connectivity index (χ2n) is 0. The summed E-state index contributed by atoms with van der Waals surface area (Å²) in [5.41, 5.74) is 0. The summed E-state index contributed by atoms with van der Waals surface area (Å²) in [5.74, 6) is 0. The van der Waals surface area contributed by atoms with Crippen molar-refractivity contribution in [1.82, 2.24) is 0 Å². The van der Waals surface area contributed by atoms with E-state index in [1.165, 1.54) is 0 Å². The van der Waals surface area contributed by atoms with Gasteiger partial charge < -0.3 is 0 Å². The molecular formula is CaKMgSiTi. The van der Waals surface area contributed by atoms with Crippen molar-refractivity contribution in [2.75, 3.05) is 0 Å². The summed E-state index contributed by atoms with van der Waals surface area (Å²) in [7, 11) is 0. The Hall–Kier alpha value is 4.59. The predicted molar refractivity (Wildman–Crippen MR) is 23.0 cm³/mol. The van der Waals surface area contributed by atoms with E-state index in [9.17, 15) is 0 Å². The molecule has 5 heteroatoms. The molecule has 0 aliphatic carbocycles. The monoisotopic (exact) mass is 179 g/mol. The molecule has 0 nitrogen and oxygen atoms in total. The van der Waals surface area contributed by atoms with E-state index in [0.717, 1.165) is 0 Å². The molecule has 0 bridgehead atoms. The molecule has 0 rings (SSSR count). The maximum Gasteiger partial charge on any atom is 0 e. The maximum absolute atomic E-state index is 0. The van der Waals surface area contributed by atoms with Crippen molar-refractivity contribution in [3.05, 3.63) is 0 Å². The van der Waals surface area contributed by atoms with Gasteiger partial charge in [0.1, 0.15) is 0 Å². The van der Waals surface area contributed by atoms with Crippen LogP contribution in [0, 0.1) is 0 Å². The molecule has 0 heterocycles. The number of hydrogen-bond donors (Lipinski definition) is 0. The van der Waals surface area contributed by atoms with Gasteiger partial charge in [-0.15, -0.1) is 0 Å². The molecular weight excluding hydrogens is 179 g/mol. The molecule has 0 saturated carbocycles. The van der Waals surface area contributed by atoms with E-state index in [4.69, 9.17) is 0 Å². The molecule has 0 aliphatic heterocycles. The summed E-state index contributed by atoms with van der Waals surface area (Å²) in [6.07, 6.45) is 0. The zero-order valence-corrected chi connectivity index (χ0v) is 12.7. The van der Waals surface area contributed by atoms with Gasteiger partial charge in [0.2, 0.25) is 0 Å². The summed E-state index contributed by atoms with van der Waals surface area (Å²) in [4.78, 5) is 0. The van der Waals surface area contributed by atoms with Gasteiger partial charge in [0.15, 0.2) is 0 Å². The van der Waals surface area contributed by atoms with Crippen LogP contribution in [0.1, 0.15) is 0 Å². The average molecular weight is 179 g/mol. The summed E-state index contributed by atoms with van der Waals surface area (Å²) >= 11 is 0. The van der Waals surface area contributed by atoms with Crippen molar-refractivity contribution in [2.24, 2.45) is 0 Å². The third-order valence-corrected chi connectivity index (χ3v) is 0. The Morgan fingerprint density at radius 2 is 1.00 bits per heavy atom. The average Bonchev–Trinajstić information content (AvgIpc) is 0. The molecule has 5 heavy (non-hydrogen) atoms. The van der Waals surface area contributed by atoms with Crippen molar-refractivity contribution >= 4 is 123 Å². The van der Waals surface area contributed by atoms with Gasteiger partial charge in [-0.05, 0) is 0 Å². The van der Waals surface area contributed by atoms with Crippen LogP contribution in [0.3, 0.4) is 0 Å². The van der Waals surface area contributed by atoms with Crippen LogP contribution in [0.4, 0.5) is 0 Å². The molecule has 0 N–H and O–H groups in total. The molecule has 0 aromatic carbocycles. The normalized spacial score (nSPS) is 0. The first-order chi connectivity index (χ1) is 0. The summed E-state index contributed by atoms with van der Waals surface area (Å²) in [6.45, 7) is 0. The molecule has 0 atom stereocenters. The number of hydrogen-bond acceptors (Lipinski definition) is 0. The van der Waals surface area contributed by atoms with E-state index in [1.807, 2.05) is 0 Å². The molecule has 9 radical (unpaired) electrons. The number of rotatable bonds is 0. The molecule has 0 amide bonds. The van der Waals surface area contributed by atoms with Crippen molar-refractivity contribution in [3.63, 3.8) is 0 Å². The Morgan fingerprint density at radius 1 is 1.00 bits per heavy atom. The van der Waals surface area contributed by atoms with E-state index < -0.39 is 0 Å². The molecule has 0 saturated heterocycles. The summed E-state index contributed by atoms with van der Waals surface area (Å²) in [5, 5.41) is 0. The van der Waals surface area contributed by atoms with Crippen LogP contribution in [0.5, 0.6) is 0 Å². The molecule has 0 aromatic heterocycles. The molecule has 0 fully saturated rings. The Balaban J connectivity index is 0. The first-order valence-corrected chi connectivity index (χ1v) is 0. The van der Waals surface area contributed by atoms with E-state index in [0.29, 0.717) is 0 Å². The third-order valence-electron chi connectivity index (χ3n) is 0. The van der Waals surface area contributed by atoms with Crippen LogP contribution >= 0.6 is 0 Å². The predicted octanol–water partition coefficient (Wildman–Crippen LogP) is -1.53. The SMILES string of the molecule is [Ca].[K].[Mg].[Si].[Ti]. The fourth-order valence-corrected chi connectivity index (χ4v) is 0. The van der Waals surface area contributed by atoms with Crippen molar-refractivity contribution in [3.8, 4) is 0 Å². The van der Waals surface area contributed by atoms with Crippen LogP contribution in [0.2, 0.25) is 0 Å². The molecule has 0 aromatic rings. The first-order valence-electron chi connectivity index (χ1n) is 0. The Morgan fingerprint density at radius 3 is 1.00 bits per heavy atom. The van der Waals surface area contributed by atoms with Crippen LogP contribution in [-0.2, 0) is 21.7 Å². The van der Waals surface area contributed by atoms with Gasteiger partial charge >= 0.3 is 0 Å². The minimum atomic E-state index is 0. The molecule has 0 spiro atoms. The van der Waals surface area contributed by atoms with Crippen molar-refractivity contribution in [1.29, 1.82) is 0 Å². The van der Waals surface area contributed by atoms with Crippen LogP contribution in [0.25, 0.3) is 0 Å². The fraction of sp³-hybridized carbons (Fsp3) is 0. The first kappa shape index (κ1) is 33.6. The Bertz CT molecular complexity index is 11.6. The zero-order valence-electron chi connectivity index (χ0n) is 3.41. The minimum Gasteiger partial charge on any atom is 0 e. The summed E-state index contributed by atoms with van der Waals surface area (Å²) in [6, 6.07) is 0. The standard InChI is InChI=1S/Ca.K.Mg.Si.Ti. The van der Waals surface area contributed by atoms with E-state index in [1.54, 1.807) is 0 Å². The van der Waals surface area contributed by atoms with Crippen LogP contribution in [-0.4, -0.2) is 123 Å². The van der Waals surface area contributed by atoms with Gasteiger partial charge in [0.05, 0.1) is 0 Å². The Labute approximate surface area is 140 Å². The fourth-order valence-electron chi connectivity index (χ4n) is 0. The van der Waals surface area contributed by atoms with E-state index >= 15 is 0 Å². The van der Waals surface area contributed by atoms with Crippen molar-refractivity contribution < 1.29 is 21.7 Å². The van der Waals surface area contributed by atoms with Gasteiger partial charge in [-0.25, -0.2) is 0 Å². The van der Waals surface area contributed by atoms with Crippen LogP contribution in [0.15, 0.2) is 0 Å². The van der Waals surface area contributed by atoms with Gasteiger partial charge in [-0.3, -0.25) is 0 Å². The van der Waals surface area contributed by atoms with Crippen LogP contribution < -0.4 is 0 Å². The molecule has 13 valence electrons. The smallest absolute Gasteiger partial charge is 0 e. The van der Waals surface area contributed by atoms with Gasteiger partial charge in [0.25, 0.3) is 0 Å². The summed E-state index contributed by atoms with van der Waals surface area (Å²) < 4.78 is 0. The van der Waals surface area contributed by atoms with Crippen molar-refractivity contribution in [2.45, 2.75) is 0 Å². The molecule has 0 aliphatic rings. The topological polar surface area (TPSA) is 0 Å². The van der Waals surface area contributed by atoms with Gasteiger partial charge in [-0.2, -0.15) is 0 Å². The second-order valence-corrected chi connectivity index (χ2v) is 0. The minimum absolute atomic E-state index is 0. The Kier molecular flexibility index (Phi) is 158.